The Morgan fingerprint density at radius 1 is 1.44 bits per heavy atom. The number of carboxylic acids is 1. The molecule has 1 heterocycles. The number of hydrogen-bond donors (Lipinski definition) is 2. The van der Waals surface area contributed by atoms with Gasteiger partial charge in [0.25, 0.3) is 0 Å². The fourth-order valence-corrected chi connectivity index (χ4v) is 2.00. The maximum absolute atomic E-state index is 10.4. The Hall–Kier alpha value is -1.48. The van der Waals surface area contributed by atoms with Gasteiger partial charge in [-0.2, -0.15) is 0 Å². The Bertz CT molecular complexity index is 519. The smallest absolute Gasteiger partial charge is 0.303 e. The summed E-state index contributed by atoms with van der Waals surface area (Å²) in [5.41, 5.74) is 2.02. The SMILES string of the molecule is O=C(O)CCCc1cc2cc[nH]c2cc1Cl. The lowest BCUT2D eigenvalue weighted by molar-refractivity contribution is -0.137. The minimum absolute atomic E-state index is 0.182. The molecule has 3 nitrogen and oxygen atoms in total. The maximum Gasteiger partial charge on any atom is 0.303 e. The van der Waals surface area contributed by atoms with Crippen molar-refractivity contribution < 1.29 is 9.90 Å². The van der Waals surface area contributed by atoms with Crippen LogP contribution < -0.4 is 0 Å². The van der Waals surface area contributed by atoms with Crippen molar-refractivity contribution in [3.8, 4) is 0 Å². The van der Waals surface area contributed by atoms with Crippen LogP contribution in [0.1, 0.15) is 18.4 Å². The second kappa shape index (κ2) is 4.58. The van der Waals surface area contributed by atoms with Crippen molar-refractivity contribution in [2.24, 2.45) is 0 Å². The Morgan fingerprint density at radius 2 is 2.25 bits per heavy atom. The van der Waals surface area contributed by atoms with Gasteiger partial charge < -0.3 is 10.1 Å². The Kier molecular flexibility index (Phi) is 3.15. The Balaban J connectivity index is 2.16. The summed E-state index contributed by atoms with van der Waals surface area (Å²) < 4.78 is 0. The van der Waals surface area contributed by atoms with Crippen LogP contribution >= 0.6 is 11.6 Å². The highest BCUT2D eigenvalue weighted by molar-refractivity contribution is 6.32. The van der Waals surface area contributed by atoms with Crippen LogP contribution in [0.2, 0.25) is 5.02 Å². The van der Waals surface area contributed by atoms with Gasteiger partial charge in [-0.05, 0) is 42.0 Å². The molecule has 0 aliphatic heterocycles. The second-order valence-electron chi connectivity index (χ2n) is 3.76. The van der Waals surface area contributed by atoms with Crippen LogP contribution in [0, 0.1) is 0 Å². The van der Waals surface area contributed by atoms with Gasteiger partial charge in [0.05, 0.1) is 0 Å². The van der Waals surface area contributed by atoms with E-state index in [1.165, 1.54) is 0 Å². The minimum Gasteiger partial charge on any atom is -0.481 e. The van der Waals surface area contributed by atoms with Gasteiger partial charge in [0.1, 0.15) is 0 Å². The molecule has 0 aliphatic carbocycles. The summed E-state index contributed by atoms with van der Waals surface area (Å²) in [6.45, 7) is 0. The first kappa shape index (κ1) is 11.0. The van der Waals surface area contributed by atoms with Crippen molar-refractivity contribution in [1.29, 1.82) is 0 Å². The van der Waals surface area contributed by atoms with Gasteiger partial charge in [-0.3, -0.25) is 4.79 Å². The predicted molar refractivity (Wildman–Crippen MR) is 63.9 cm³/mol. The first-order chi connectivity index (χ1) is 7.66. The molecule has 0 bridgehead atoms. The van der Waals surface area contributed by atoms with Crippen LogP contribution in [0.15, 0.2) is 24.4 Å². The minimum atomic E-state index is -0.765. The van der Waals surface area contributed by atoms with E-state index >= 15 is 0 Å². The van der Waals surface area contributed by atoms with Gasteiger partial charge in [-0.1, -0.05) is 11.6 Å². The van der Waals surface area contributed by atoms with Crippen molar-refractivity contribution >= 4 is 28.5 Å². The molecule has 0 atom stereocenters. The molecule has 0 saturated carbocycles. The number of aromatic nitrogens is 1. The Morgan fingerprint density at radius 3 is 3.00 bits per heavy atom. The predicted octanol–water partition coefficient (Wildman–Crippen LogP) is 3.23. The third-order valence-corrected chi connectivity index (χ3v) is 2.91. The van der Waals surface area contributed by atoms with E-state index in [0.29, 0.717) is 17.9 Å². The van der Waals surface area contributed by atoms with Gasteiger partial charge in [-0.25, -0.2) is 0 Å². The number of hydrogen-bond acceptors (Lipinski definition) is 1. The zero-order chi connectivity index (χ0) is 11.5. The van der Waals surface area contributed by atoms with E-state index in [9.17, 15) is 4.79 Å². The number of fused-ring (bicyclic) bond motifs is 1. The quantitative estimate of drug-likeness (QED) is 0.858. The molecule has 4 heteroatoms. The van der Waals surface area contributed by atoms with Crippen molar-refractivity contribution in [3.05, 3.63) is 35.0 Å². The number of benzene rings is 1. The molecule has 16 heavy (non-hydrogen) atoms. The molecule has 2 aromatic rings. The highest BCUT2D eigenvalue weighted by atomic mass is 35.5. The van der Waals surface area contributed by atoms with Gasteiger partial charge in [0.15, 0.2) is 0 Å². The zero-order valence-electron chi connectivity index (χ0n) is 8.66. The number of halogens is 1. The van der Waals surface area contributed by atoms with Crippen molar-refractivity contribution in [2.75, 3.05) is 0 Å². The number of aryl methyl sites for hydroxylation is 1. The largest absolute Gasteiger partial charge is 0.481 e. The Labute approximate surface area is 98.0 Å². The molecule has 0 radical (unpaired) electrons. The molecule has 0 fully saturated rings. The summed E-state index contributed by atoms with van der Waals surface area (Å²) in [7, 11) is 0. The van der Waals surface area contributed by atoms with Crippen LogP contribution in [0.25, 0.3) is 10.9 Å². The first-order valence-corrected chi connectivity index (χ1v) is 5.52. The molecule has 2 rings (SSSR count). The van der Waals surface area contributed by atoms with Gasteiger partial charge in [0.2, 0.25) is 0 Å². The molecule has 1 aromatic carbocycles. The average molecular weight is 238 g/mol. The summed E-state index contributed by atoms with van der Waals surface area (Å²) in [5, 5.41) is 10.4. The van der Waals surface area contributed by atoms with Crippen molar-refractivity contribution in [1.82, 2.24) is 4.98 Å². The fourth-order valence-electron chi connectivity index (χ4n) is 1.74. The number of aliphatic carboxylic acids is 1. The van der Waals surface area contributed by atoms with Crippen LogP contribution in [0.5, 0.6) is 0 Å². The molecular formula is C12H12ClNO2. The number of nitrogens with one attached hydrogen (secondary N) is 1. The summed E-state index contributed by atoms with van der Waals surface area (Å²) in [6, 6.07) is 5.87. The van der Waals surface area contributed by atoms with E-state index in [1.807, 2.05) is 24.4 Å². The molecule has 84 valence electrons. The average Bonchev–Trinajstić information content (AvgIpc) is 2.64. The van der Waals surface area contributed by atoms with Crippen molar-refractivity contribution in [2.45, 2.75) is 19.3 Å². The summed E-state index contributed by atoms with van der Waals surface area (Å²) in [4.78, 5) is 13.5. The number of aromatic amines is 1. The number of carboxylic acid groups (broad SMARTS) is 1. The van der Waals surface area contributed by atoms with Crippen molar-refractivity contribution in [3.63, 3.8) is 0 Å². The topological polar surface area (TPSA) is 53.1 Å². The van der Waals surface area contributed by atoms with Crippen LogP contribution in [0.3, 0.4) is 0 Å². The monoisotopic (exact) mass is 237 g/mol. The molecule has 0 saturated heterocycles. The lowest BCUT2D eigenvalue weighted by Gasteiger charge is -2.03. The normalized spacial score (nSPS) is 10.8. The van der Waals surface area contributed by atoms with E-state index < -0.39 is 5.97 Å². The first-order valence-electron chi connectivity index (χ1n) is 5.14. The fraction of sp³-hybridized carbons (Fsp3) is 0.250. The zero-order valence-corrected chi connectivity index (χ0v) is 9.42. The van der Waals surface area contributed by atoms with Gasteiger partial charge >= 0.3 is 5.97 Å². The standard InChI is InChI=1S/C12H12ClNO2/c13-10-7-11-9(4-5-14-11)6-8(10)2-1-3-12(15)16/h4-7,14H,1-3H2,(H,15,16). The lowest BCUT2D eigenvalue weighted by Crippen LogP contribution is -1.96. The molecule has 0 unspecified atom stereocenters. The number of rotatable bonds is 4. The summed E-state index contributed by atoms with van der Waals surface area (Å²) in [6.07, 6.45) is 3.36. The lowest BCUT2D eigenvalue weighted by atomic mass is 10.1. The molecule has 1 aromatic heterocycles. The number of carbonyl (C=O) groups is 1. The maximum atomic E-state index is 10.4. The van der Waals surface area contributed by atoms with E-state index in [1.54, 1.807) is 0 Å². The highest BCUT2D eigenvalue weighted by Gasteiger charge is 2.05. The van der Waals surface area contributed by atoms with Crippen LogP contribution in [-0.4, -0.2) is 16.1 Å². The second-order valence-corrected chi connectivity index (χ2v) is 4.16. The van der Waals surface area contributed by atoms with Gasteiger partial charge in [0, 0.05) is 23.2 Å². The molecule has 0 amide bonds. The highest BCUT2D eigenvalue weighted by Crippen LogP contribution is 2.24. The van der Waals surface area contributed by atoms with E-state index in [4.69, 9.17) is 16.7 Å². The summed E-state index contributed by atoms with van der Waals surface area (Å²) >= 11 is 6.11. The molecule has 0 spiro atoms. The third-order valence-electron chi connectivity index (χ3n) is 2.56. The molecule has 0 aliphatic rings. The van der Waals surface area contributed by atoms with Crippen LogP contribution in [-0.2, 0) is 11.2 Å². The van der Waals surface area contributed by atoms with E-state index in [2.05, 4.69) is 4.98 Å². The van der Waals surface area contributed by atoms with E-state index in [0.717, 1.165) is 16.5 Å². The number of H-pyrrole nitrogens is 1. The molecular weight excluding hydrogens is 226 g/mol. The third kappa shape index (κ3) is 2.36. The summed E-state index contributed by atoms with van der Waals surface area (Å²) in [5.74, 6) is -0.765. The van der Waals surface area contributed by atoms with Gasteiger partial charge in [-0.15, -0.1) is 0 Å². The molecule has 2 N–H and O–H groups in total. The van der Waals surface area contributed by atoms with Crippen LogP contribution in [0.4, 0.5) is 0 Å². The van der Waals surface area contributed by atoms with E-state index in [-0.39, 0.29) is 6.42 Å².